The van der Waals surface area contributed by atoms with Gasteiger partial charge in [0.1, 0.15) is 0 Å². The highest BCUT2D eigenvalue weighted by Crippen LogP contribution is 2.68. The molecule has 4 aliphatic rings. The lowest BCUT2D eigenvalue weighted by atomic mass is 9.44. The second-order valence-electron chi connectivity index (χ2n) is 15.2. The van der Waals surface area contributed by atoms with Gasteiger partial charge in [0.05, 0.1) is 0 Å². The summed E-state index contributed by atoms with van der Waals surface area (Å²) in [6.45, 7) is 12.9. The molecule has 1 N–H and O–H groups in total. The van der Waals surface area contributed by atoms with E-state index in [9.17, 15) is 0 Å². The summed E-state index contributed by atoms with van der Waals surface area (Å²) in [5.74, 6) is 6.17. The van der Waals surface area contributed by atoms with Gasteiger partial charge < -0.3 is 5.32 Å². The van der Waals surface area contributed by atoms with Crippen LogP contribution in [0.4, 0.5) is 0 Å². The van der Waals surface area contributed by atoms with Crippen molar-refractivity contribution in [2.75, 3.05) is 13.1 Å². The van der Waals surface area contributed by atoms with Crippen LogP contribution in [0.1, 0.15) is 169 Å². The van der Waals surface area contributed by atoms with Gasteiger partial charge in [0.25, 0.3) is 0 Å². The minimum Gasteiger partial charge on any atom is -0.317 e. The van der Waals surface area contributed by atoms with E-state index >= 15 is 0 Å². The van der Waals surface area contributed by atoms with Crippen molar-refractivity contribution < 1.29 is 0 Å². The third kappa shape index (κ3) is 7.19. The maximum absolute atomic E-state index is 3.79. The predicted octanol–water partition coefficient (Wildman–Crippen LogP) is 11.0. The van der Waals surface area contributed by atoms with Crippen LogP contribution < -0.4 is 5.32 Å². The Labute approximate surface area is 233 Å². The lowest BCUT2D eigenvalue weighted by molar-refractivity contribution is -0.114. The van der Waals surface area contributed by atoms with Gasteiger partial charge in [0.15, 0.2) is 0 Å². The Morgan fingerprint density at radius 2 is 1.32 bits per heavy atom. The summed E-state index contributed by atoms with van der Waals surface area (Å²) in [6.07, 6.45) is 32.7. The zero-order valence-corrected chi connectivity index (χ0v) is 25.9. The quantitative estimate of drug-likeness (QED) is 0.202. The second kappa shape index (κ2) is 14.6. The van der Waals surface area contributed by atoms with Gasteiger partial charge in [-0.3, -0.25) is 0 Å². The molecule has 4 saturated carbocycles. The molecular formula is C36H67N. The lowest BCUT2D eigenvalue weighted by Gasteiger charge is -2.61. The van der Waals surface area contributed by atoms with E-state index in [1.165, 1.54) is 109 Å². The van der Waals surface area contributed by atoms with Gasteiger partial charge in [-0.2, -0.15) is 0 Å². The summed E-state index contributed by atoms with van der Waals surface area (Å²) >= 11 is 0. The molecule has 0 aromatic carbocycles. The second-order valence-corrected chi connectivity index (χ2v) is 15.2. The van der Waals surface area contributed by atoms with Gasteiger partial charge in [0.2, 0.25) is 0 Å². The van der Waals surface area contributed by atoms with E-state index < -0.39 is 0 Å². The molecule has 0 aromatic rings. The Kier molecular flexibility index (Phi) is 11.8. The molecule has 0 aliphatic heterocycles. The fourth-order valence-electron chi connectivity index (χ4n) is 10.9. The summed E-state index contributed by atoms with van der Waals surface area (Å²) in [6, 6.07) is 0. The average Bonchev–Trinajstić information content (AvgIpc) is 3.25. The Morgan fingerprint density at radius 1 is 0.649 bits per heavy atom. The summed E-state index contributed by atoms with van der Waals surface area (Å²) in [5.41, 5.74) is 1.36. The highest BCUT2D eigenvalue weighted by atomic mass is 14.8. The molecule has 0 aromatic heterocycles. The molecule has 7 unspecified atom stereocenters. The zero-order valence-electron chi connectivity index (χ0n) is 25.9. The fourth-order valence-corrected chi connectivity index (χ4v) is 10.9. The lowest BCUT2D eigenvalue weighted by Crippen LogP contribution is -2.53. The van der Waals surface area contributed by atoms with E-state index in [2.05, 4.69) is 33.0 Å². The van der Waals surface area contributed by atoms with Crippen LogP contribution in [0.25, 0.3) is 0 Å². The first-order valence-electron chi connectivity index (χ1n) is 17.7. The van der Waals surface area contributed by atoms with E-state index in [1.54, 1.807) is 44.9 Å². The van der Waals surface area contributed by atoms with Gasteiger partial charge >= 0.3 is 0 Å². The maximum atomic E-state index is 3.79. The van der Waals surface area contributed by atoms with Crippen molar-refractivity contribution in [3.63, 3.8) is 0 Å². The van der Waals surface area contributed by atoms with Crippen LogP contribution in [0.2, 0.25) is 0 Å². The number of hydrogen-bond acceptors (Lipinski definition) is 1. The van der Waals surface area contributed by atoms with Gasteiger partial charge in [-0.1, -0.05) is 98.3 Å². The molecule has 0 bridgehead atoms. The van der Waals surface area contributed by atoms with Gasteiger partial charge in [-0.15, -0.1) is 0 Å². The molecule has 8 atom stereocenters. The van der Waals surface area contributed by atoms with Crippen LogP contribution in [0.5, 0.6) is 0 Å². The third-order valence-corrected chi connectivity index (χ3v) is 13.1. The van der Waals surface area contributed by atoms with Crippen molar-refractivity contribution >= 4 is 0 Å². The fraction of sp³-hybridized carbons (Fsp3) is 1.00. The molecular weight excluding hydrogens is 446 g/mol. The number of rotatable bonds is 16. The Bertz CT molecular complexity index is 643. The smallest absolute Gasteiger partial charge is 0.00488 e. The molecule has 0 radical (unpaired) electrons. The number of fused-ring (bicyclic) bond motifs is 5. The molecule has 0 heterocycles. The van der Waals surface area contributed by atoms with E-state index in [-0.39, 0.29) is 0 Å². The standard InChI is InChI=1S/C36H67N/c1-5-6-7-8-9-10-11-12-13-16-27-37-28-17-18-29(2)32-22-23-33-31-21-20-30-19-14-15-25-35(30,3)34(31)24-26-36(32,33)4/h29-34,37H,5-28H2,1-4H3/t29-,30?,31?,32?,33?,34?,35?,36?/m1/s1. The number of hydrogen-bond donors (Lipinski definition) is 1. The molecule has 4 fully saturated rings. The Balaban J connectivity index is 1.10. The average molecular weight is 514 g/mol. The largest absolute Gasteiger partial charge is 0.317 e. The molecule has 4 rings (SSSR count). The molecule has 1 heteroatoms. The topological polar surface area (TPSA) is 12.0 Å². The highest BCUT2D eigenvalue weighted by Gasteiger charge is 2.60. The van der Waals surface area contributed by atoms with Gasteiger partial charge in [-0.05, 0) is 130 Å². The normalized spacial score (nSPS) is 38.1. The first-order valence-corrected chi connectivity index (χ1v) is 17.7. The van der Waals surface area contributed by atoms with Crippen LogP contribution in [-0.2, 0) is 0 Å². The molecule has 216 valence electrons. The Morgan fingerprint density at radius 3 is 2.08 bits per heavy atom. The molecule has 0 amide bonds. The first kappa shape index (κ1) is 29.9. The van der Waals surface area contributed by atoms with Crippen molar-refractivity contribution in [1.29, 1.82) is 0 Å². The van der Waals surface area contributed by atoms with Crippen LogP contribution >= 0.6 is 0 Å². The minimum absolute atomic E-state index is 0.655. The van der Waals surface area contributed by atoms with Gasteiger partial charge in [0, 0.05) is 0 Å². The van der Waals surface area contributed by atoms with Crippen molar-refractivity contribution in [1.82, 2.24) is 5.32 Å². The molecule has 1 nitrogen and oxygen atoms in total. The molecule has 4 aliphatic carbocycles. The number of nitrogens with one attached hydrogen (secondary N) is 1. The molecule has 37 heavy (non-hydrogen) atoms. The van der Waals surface area contributed by atoms with E-state index in [0.717, 1.165) is 35.5 Å². The maximum Gasteiger partial charge on any atom is -0.00488 e. The first-order chi connectivity index (χ1) is 18.0. The van der Waals surface area contributed by atoms with Crippen LogP contribution in [-0.4, -0.2) is 13.1 Å². The number of unbranched alkanes of at least 4 members (excludes halogenated alkanes) is 9. The monoisotopic (exact) mass is 514 g/mol. The SMILES string of the molecule is CCCCCCCCCCCCNCCC[C@@H](C)C1CCC2C3CCC4CCCCC4(C)C3CCC21C. The Hall–Kier alpha value is -0.0400. The summed E-state index contributed by atoms with van der Waals surface area (Å²) in [7, 11) is 0. The van der Waals surface area contributed by atoms with Crippen molar-refractivity contribution in [2.45, 2.75) is 169 Å². The van der Waals surface area contributed by atoms with Crippen molar-refractivity contribution in [3.05, 3.63) is 0 Å². The summed E-state index contributed by atoms with van der Waals surface area (Å²) in [4.78, 5) is 0. The van der Waals surface area contributed by atoms with Crippen LogP contribution in [0, 0.1) is 46.3 Å². The van der Waals surface area contributed by atoms with Crippen LogP contribution in [0.3, 0.4) is 0 Å². The predicted molar refractivity (Wildman–Crippen MR) is 163 cm³/mol. The molecule has 0 saturated heterocycles. The minimum atomic E-state index is 0.655. The highest BCUT2D eigenvalue weighted by molar-refractivity contribution is 5.09. The summed E-state index contributed by atoms with van der Waals surface area (Å²) in [5, 5.41) is 3.79. The van der Waals surface area contributed by atoms with E-state index in [0.29, 0.717) is 10.8 Å². The van der Waals surface area contributed by atoms with Crippen molar-refractivity contribution in [2.24, 2.45) is 46.3 Å². The zero-order chi connectivity index (χ0) is 26.1. The summed E-state index contributed by atoms with van der Waals surface area (Å²) < 4.78 is 0. The molecule has 0 spiro atoms. The van der Waals surface area contributed by atoms with Crippen molar-refractivity contribution in [3.8, 4) is 0 Å². The van der Waals surface area contributed by atoms with Gasteiger partial charge in [-0.25, -0.2) is 0 Å². The third-order valence-electron chi connectivity index (χ3n) is 13.1. The van der Waals surface area contributed by atoms with Crippen LogP contribution in [0.15, 0.2) is 0 Å². The van der Waals surface area contributed by atoms with E-state index in [1.807, 2.05) is 0 Å². The van der Waals surface area contributed by atoms with E-state index in [4.69, 9.17) is 0 Å².